The minimum absolute atomic E-state index is 0.155. The highest BCUT2D eigenvalue weighted by molar-refractivity contribution is 6.29. The van der Waals surface area contributed by atoms with Gasteiger partial charge in [-0.2, -0.15) is 0 Å². The number of anilines is 1. The molecule has 0 saturated carbocycles. The average Bonchev–Trinajstić information content (AvgIpc) is 2.74. The first-order chi connectivity index (χ1) is 9.72. The van der Waals surface area contributed by atoms with Gasteiger partial charge in [-0.05, 0) is 35.9 Å². The number of ether oxygens (including phenoxy) is 2. The molecule has 0 unspecified atom stereocenters. The van der Waals surface area contributed by atoms with Crippen molar-refractivity contribution in [3.8, 4) is 11.5 Å². The number of benzene rings is 1. The maximum atomic E-state index is 11.9. The van der Waals surface area contributed by atoms with Crippen molar-refractivity contribution in [3.05, 3.63) is 41.3 Å². The van der Waals surface area contributed by atoms with E-state index in [0.717, 1.165) is 6.42 Å². The quantitative estimate of drug-likeness (QED) is 0.922. The first kappa shape index (κ1) is 12.9. The molecule has 2 aromatic rings. The van der Waals surface area contributed by atoms with Gasteiger partial charge in [-0.15, -0.1) is 0 Å². The Labute approximate surface area is 120 Å². The van der Waals surface area contributed by atoms with E-state index < -0.39 is 0 Å². The molecule has 2 heterocycles. The third-order valence-electron chi connectivity index (χ3n) is 2.80. The van der Waals surface area contributed by atoms with E-state index in [2.05, 4.69) is 5.32 Å². The summed E-state index contributed by atoms with van der Waals surface area (Å²) in [5.41, 5.74) is 0.603. The number of rotatable bonds is 2. The Balaban J connectivity index is 1.77. The Hall–Kier alpha value is -2.14. The van der Waals surface area contributed by atoms with Gasteiger partial charge in [-0.3, -0.25) is 4.79 Å². The molecule has 0 atom stereocenters. The first-order valence-corrected chi connectivity index (χ1v) is 6.56. The number of fused-ring (bicyclic) bond motifs is 1. The molecule has 1 N–H and O–H groups in total. The minimum atomic E-state index is -0.369. The zero-order valence-corrected chi connectivity index (χ0v) is 11.3. The fraction of sp³-hybridized carbons (Fsp3) is 0.214. The van der Waals surface area contributed by atoms with Crippen molar-refractivity contribution >= 4 is 23.2 Å². The van der Waals surface area contributed by atoms with Gasteiger partial charge >= 0.3 is 0 Å². The molecule has 0 radical (unpaired) electrons. The number of nitrogens with one attached hydrogen (secondary N) is 1. The number of hydrogen-bond donors (Lipinski definition) is 1. The summed E-state index contributed by atoms with van der Waals surface area (Å²) in [7, 11) is 0. The van der Waals surface area contributed by atoms with Gasteiger partial charge in [0.15, 0.2) is 22.5 Å². The SMILES string of the molecule is O=C(Nc1ccc2c(c1)OCCCO2)c1ccc(Cl)o1. The van der Waals surface area contributed by atoms with Gasteiger partial charge in [0.1, 0.15) is 0 Å². The lowest BCUT2D eigenvalue weighted by molar-refractivity contribution is 0.0997. The molecule has 20 heavy (non-hydrogen) atoms. The van der Waals surface area contributed by atoms with Crippen molar-refractivity contribution in [1.29, 1.82) is 0 Å². The summed E-state index contributed by atoms with van der Waals surface area (Å²) in [6.45, 7) is 1.22. The topological polar surface area (TPSA) is 60.7 Å². The molecule has 6 heteroatoms. The third kappa shape index (κ3) is 2.72. The van der Waals surface area contributed by atoms with E-state index in [1.54, 1.807) is 18.2 Å². The molecule has 0 spiro atoms. The van der Waals surface area contributed by atoms with Crippen LogP contribution >= 0.6 is 11.6 Å². The third-order valence-corrected chi connectivity index (χ3v) is 3.01. The maximum absolute atomic E-state index is 11.9. The summed E-state index contributed by atoms with van der Waals surface area (Å²) >= 11 is 5.64. The molecule has 0 bridgehead atoms. The lowest BCUT2D eigenvalue weighted by Crippen LogP contribution is -2.10. The largest absolute Gasteiger partial charge is 0.490 e. The van der Waals surface area contributed by atoms with Crippen LogP contribution in [-0.2, 0) is 0 Å². The van der Waals surface area contributed by atoms with E-state index in [1.165, 1.54) is 12.1 Å². The number of carbonyl (C=O) groups excluding carboxylic acids is 1. The van der Waals surface area contributed by atoms with Crippen molar-refractivity contribution in [2.45, 2.75) is 6.42 Å². The fourth-order valence-corrected chi connectivity index (χ4v) is 2.02. The summed E-state index contributed by atoms with van der Waals surface area (Å²) in [6, 6.07) is 8.27. The normalized spacial score (nSPS) is 13.7. The van der Waals surface area contributed by atoms with Crippen LogP contribution in [0.3, 0.4) is 0 Å². The van der Waals surface area contributed by atoms with Crippen LogP contribution in [0.1, 0.15) is 17.0 Å². The molecule has 0 saturated heterocycles. The lowest BCUT2D eigenvalue weighted by atomic mass is 10.2. The Morgan fingerprint density at radius 3 is 2.65 bits per heavy atom. The molecule has 104 valence electrons. The molecule has 1 aliphatic rings. The number of amides is 1. The second kappa shape index (κ2) is 5.46. The molecule has 1 aliphatic heterocycles. The van der Waals surface area contributed by atoms with Crippen LogP contribution in [-0.4, -0.2) is 19.1 Å². The van der Waals surface area contributed by atoms with Gasteiger partial charge in [0, 0.05) is 18.2 Å². The van der Waals surface area contributed by atoms with Crippen LogP contribution in [0.2, 0.25) is 5.22 Å². The van der Waals surface area contributed by atoms with Crippen molar-refractivity contribution in [2.24, 2.45) is 0 Å². The van der Waals surface area contributed by atoms with Crippen LogP contribution in [0.5, 0.6) is 11.5 Å². The highest BCUT2D eigenvalue weighted by Crippen LogP contribution is 2.32. The zero-order valence-electron chi connectivity index (χ0n) is 10.5. The molecule has 0 aliphatic carbocycles. The van der Waals surface area contributed by atoms with E-state index >= 15 is 0 Å². The minimum Gasteiger partial charge on any atom is -0.490 e. The Morgan fingerprint density at radius 1 is 1.10 bits per heavy atom. The lowest BCUT2D eigenvalue weighted by Gasteiger charge is -2.09. The molecule has 1 amide bonds. The highest BCUT2D eigenvalue weighted by Gasteiger charge is 2.14. The van der Waals surface area contributed by atoms with Crippen LogP contribution in [0, 0.1) is 0 Å². The van der Waals surface area contributed by atoms with Gasteiger partial charge in [-0.25, -0.2) is 0 Å². The summed E-state index contributed by atoms with van der Waals surface area (Å²) in [4.78, 5) is 11.9. The summed E-state index contributed by atoms with van der Waals surface area (Å²) < 4.78 is 16.1. The van der Waals surface area contributed by atoms with E-state index in [0.29, 0.717) is 30.4 Å². The predicted molar refractivity (Wildman–Crippen MR) is 73.7 cm³/mol. The second-order valence-electron chi connectivity index (χ2n) is 4.27. The second-order valence-corrected chi connectivity index (χ2v) is 4.64. The van der Waals surface area contributed by atoms with Crippen LogP contribution in [0.25, 0.3) is 0 Å². The van der Waals surface area contributed by atoms with E-state index in [-0.39, 0.29) is 16.9 Å². The molecule has 1 aromatic carbocycles. The maximum Gasteiger partial charge on any atom is 0.291 e. The van der Waals surface area contributed by atoms with Gasteiger partial charge in [0.05, 0.1) is 13.2 Å². The number of hydrogen-bond acceptors (Lipinski definition) is 4. The molecule has 3 rings (SSSR count). The molecule has 1 aromatic heterocycles. The predicted octanol–water partition coefficient (Wildman–Crippen LogP) is 3.35. The van der Waals surface area contributed by atoms with Crippen LogP contribution in [0.15, 0.2) is 34.7 Å². The Kier molecular flexibility index (Phi) is 3.52. The zero-order chi connectivity index (χ0) is 13.9. The first-order valence-electron chi connectivity index (χ1n) is 6.19. The number of halogens is 1. The van der Waals surface area contributed by atoms with E-state index in [4.69, 9.17) is 25.5 Å². The molecule has 0 fully saturated rings. The average molecular weight is 294 g/mol. The van der Waals surface area contributed by atoms with Gasteiger partial charge in [0.2, 0.25) is 0 Å². The summed E-state index contributed by atoms with van der Waals surface area (Å²) in [6.07, 6.45) is 0.835. The smallest absolute Gasteiger partial charge is 0.291 e. The van der Waals surface area contributed by atoms with Crippen molar-refractivity contribution in [1.82, 2.24) is 0 Å². The molecular formula is C14H12ClNO4. The summed E-state index contributed by atoms with van der Waals surface area (Å²) in [5, 5.41) is 2.89. The molecular weight excluding hydrogens is 282 g/mol. The number of furan rings is 1. The molecule has 5 nitrogen and oxygen atoms in total. The van der Waals surface area contributed by atoms with Crippen molar-refractivity contribution in [2.75, 3.05) is 18.5 Å². The Morgan fingerprint density at radius 2 is 1.90 bits per heavy atom. The standard InChI is InChI=1S/C14H12ClNO4/c15-13-5-4-11(20-13)14(17)16-9-2-3-10-12(8-9)19-7-1-6-18-10/h2-5,8H,1,6-7H2,(H,16,17). The fourth-order valence-electron chi connectivity index (χ4n) is 1.87. The highest BCUT2D eigenvalue weighted by atomic mass is 35.5. The monoisotopic (exact) mass is 293 g/mol. The van der Waals surface area contributed by atoms with Gasteiger partial charge < -0.3 is 19.2 Å². The van der Waals surface area contributed by atoms with E-state index in [9.17, 15) is 4.79 Å². The van der Waals surface area contributed by atoms with Gasteiger partial charge in [0.25, 0.3) is 5.91 Å². The van der Waals surface area contributed by atoms with Crippen molar-refractivity contribution < 1.29 is 18.7 Å². The van der Waals surface area contributed by atoms with Crippen molar-refractivity contribution in [3.63, 3.8) is 0 Å². The van der Waals surface area contributed by atoms with Crippen LogP contribution < -0.4 is 14.8 Å². The Bertz CT molecular complexity index is 638. The summed E-state index contributed by atoms with van der Waals surface area (Å²) in [5.74, 6) is 1.09. The van der Waals surface area contributed by atoms with Gasteiger partial charge in [-0.1, -0.05) is 0 Å². The van der Waals surface area contributed by atoms with E-state index in [1.807, 2.05) is 0 Å². The number of carbonyl (C=O) groups is 1. The van der Waals surface area contributed by atoms with Crippen LogP contribution in [0.4, 0.5) is 5.69 Å².